The first-order chi connectivity index (χ1) is 56.2. The highest BCUT2D eigenvalue weighted by Gasteiger charge is 2.37. The number of halogens is 6. The van der Waals surface area contributed by atoms with Gasteiger partial charge in [-0.3, -0.25) is 33.7 Å². The summed E-state index contributed by atoms with van der Waals surface area (Å²) in [6, 6.07) is 45.9. The van der Waals surface area contributed by atoms with Crippen LogP contribution in [0.4, 0.5) is 0 Å². The summed E-state index contributed by atoms with van der Waals surface area (Å²) in [5.74, 6) is 1.52. The zero-order valence-corrected chi connectivity index (χ0v) is 75.2. The van der Waals surface area contributed by atoms with Gasteiger partial charge in [0.2, 0.25) is 17.7 Å². The number of hydrogen-bond donors (Lipinski definition) is 6. The molecular weight excluding hydrogens is 1590 g/mol. The molecule has 10 rings (SSSR count). The fourth-order valence-corrected chi connectivity index (χ4v) is 17.1. The van der Waals surface area contributed by atoms with Crippen molar-refractivity contribution in [3.63, 3.8) is 0 Å². The van der Waals surface area contributed by atoms with Gasteiger partial charge in [-0.2, -0.15) is 0 Å². The maximum Gasteiger partial charge on any atom is 0.251 e. The lowest BCUT2D eigenvalue weighted by molar-refractivity contribution is -0.134. The average Bonchev–Trinajstić information content (AvgIpc) is 1.78. The molecule has 0 spiro atoms. The van der Waals surface area contributed by atoms with Gasteiger partial charge in [0, 0.05) is 137 Å². The van der Waals surface area contributed by atoms with Crippen LogP contribution in [0.25, 0.3) is 0 Å². The Morgan fingerprint density at radius 2 is 0.761 bits per heavy atom. The number of nitrogens with one attached hydrogen (secondary N) is 6. The minimum Gasteiger partial charge on any atom is -0.350 e. The van der Waals surface area contributed by atoms with E-state index in [1.807, 2.05) is 28.0 Å². The summed E-state index contributed by atoms with van der Waals surface area (Å²) in [6.45, 7) is 31.0. The van der Waals surface area contributed by atoms with Gasteiger partial charge < -0.3 is 56.4 Å². The van der Waals surface area contributed by atoms with Gasteiger partial charge in [-0.25, -0.2) is 0 Å². The molecule has 4 aliphatic heterocycles. The number of carbonyl (C=O) groups excluding carboxylic acids is 6. The Kier molecular flexibility index (Phi) is 41.2. The third-order valence-electron chi connectivity index (χ3n) is 23.6. The maximum absolute atomic E-state index is 13.9. The third kappa shape index (κ3) is 30.9. The Labute approximate surface area is 728 Å². The van der Waals surface area contributed by atoms with Crippen LogP contribution in [0.5, 0.6) is 0 Å². The van der Waals surface area contributed by atoms with Gasteiger partial charge in [0.1, 0.15) is 0 Å². The zero-order valence-electron chi connectivity index (χ0n) is 70.7. The van der Waals surface area contributed by atoms with Gasteiger partial charge in [0.15, 0.2) is 0 Å². The molecule has 6 aromatic carbocycles. The van der Waals surface area contributed by atoms with Crippen LogP contribution in [0, 0.1) is 5.92 Å². The van der Waals surface area contributed by atoms with Crippen LogP contribution in [-0.4, -0.2) is 218 Å². The number of unbranched alkanes of at least 4 members (excludes halogenated alkanes) is 2. The number of hydrogen-bond acceptors (Lipinski definition) is 12. The molecule has 0 unspecified atom stereocenters. The van der Waals surface area contributed by atoms with Crippen molar-refractivity contribution in [1.82, 2.24) is 61.3 Å². The second kappa shape index (κ2) is 50.1. The fourth-order valence-electron chi connectivity index (χ4n) is 16.2. The lowest BCUT2D eigenvalue weighted by Crippen LogP contribution is -2.51. The largest absolute Gasteiger partial charge is 0.350 e. The molecule has 4 aliphatic rings. The average molecular weight is 1720 g/mol. The molecule has 4 fully saturated rings. The van der Waals surface area contributed by atoms with Crippen LogP contribution in [0.15, 0.2) is 146 Å². The molecule has 18 nitrogen and oxygen atoms in total. The van der Waals surface area contributed by atoms with Gasteiger partial charge in [0.25, 0.3) is 17.7 Å². The summed E-state index contributed by atoms with van der Waals surface area (Å²) >= 11 is 36.4. The molecule has 0 aliphatic carbocycles. The quantitative estimate of drug-likeness (QED) is 0.0204. The summed E-state index contributed by atoms with van der Waals surface area (Å²) < 4.78 is 0. The smallest absolute Gasteiger partial charge is 0.251 e. The van der Waals surface area contributed by atoms with Crippen molar-refractivity contribution in [3.8, 4) is 0 Å². The minimum absolute atomic E-state index is 0.00569. The third-order valence-corrected chi connectivity index (χ3v) is 25.8. The molecule has 24 heteroatoms. The minimum atomic E-state index is -0.312. The highest BCUT2D eigenvalue weighted by molar-refractivity contribution is 6.43. The lowest BCUT2D eigenvalue weighted by Gasteiger charge is -2.33. The molecular formula is C93H130Cl6N12O6. The molecule has 9 atom stereocenters. The van der Waals surface area contributed by atoms with E-state index in [2.05, 4.69) is 194 Å². The van der Waals surface area contributed by atoms with Gasteiger partial charge in [-0.15, -0.1) is 0 Å². The lowest BCUT2D eigenvalue weighted by atomic mass is 9.95. The number of likely N-dealkylation sites (tertiary alicyclic amines) is 1. The Bertz CT molecular complexity index is 4020. The number of nitrogens with zero attached hydrogens (tertiary/aromatic N) is 6. The number of amides is 6. The van der Waals surface area contributed by atoms with Gasteiger partial charge in [0.05, 0.1) is 48.3 Å². The van der Waals surface area contributed by atoms with Crippen molar-refractivity contribution in [2.24, 2.45) is 5.92 Å². The number of piperidine rings is 1. The highest BCUT2D eigenvalue weighted by Crippen LogP contribution is 2.30. The second-order valence-electron chi connectivity index (χ2n) is 32.9. The molecule has 6 aromatic rings. The van der Waals surface area contributed by atoms with Crippen LogP contribution in [-0.2, 0) is 14.4 Å². The van der Waals surface area contributed by atoms with E-state index in [1.165, 1.54) is 48.8 Å². The molecule has 0 bridgehead atoms. The summed E-state index contributed by atoms with van der Waals surface area (Å²) in [5.41, 5.74) is 5.20. The maximum atomic E-state index is 13.9. The molecule has 4 heterocycles. The predicted octanol–water partition coefficient (Wildman–Crippen LogP) is 17.6. The monoisotopic (exact) mass is 1720 g/mol. The highest BCUT2D eigenvalue weighted by atomic mass is 35.5. The van der Waals surface area contributed by atoms with Crippen LogP contribution >= 0.6 is 69.6 Å². The first kappa shape index (κ1) is 96.1. The number of carbonyl (C=O) groups is 6. The number of rotatable bonds is 36. The SMILES string of the molecule is CCCCCN(C)CC[C@@H]1N[C@H](CNC(=O)c2ccc(Cl)c(Cl)c2)CCN(C[C@@H](CC)c2ccccc2)C1=O.CC[C@H](CN1CC[C@@H](CNC(=O)c2ccc(Cl)c(Cl)c2)N[C@@H](CCN(C(C)C)C(C)C)C1=O)c1ccccc1.CC[C@H](CN1CC[C@@H](CNC(=O)c2ccc(Cl)c(Cl)c2)N[C@@H](CCN2CCC(C)CC2)C1=O)c1ccccc1. The van der Waals surface area contributed by atoms with Crippen LogP contribution in [0.2, 0.25) is 30.1 Å². The molecule has 6 N–H and O–H groups in total. The normalized spacial score (nSPS) is 19.9. The van der Waals surface area contributed by atoms with Gasteiger partial charge in [-0.1, -0.05) is 208 Å². The van der Waals surface area contributed by atoms with Crippen molar-refractivity contribution in [1.29, 1.82) is 0 Å². The van der Waals surface area contributed by atoms with Crippen molar-refractivity contribution >= 4 is 105 Å². The van der Waals surface area contributed by atoms with Gasteiger partial charge >= 0.3 is 0 Å². The molecule has 6 amide bonds. The van der Waals surface area contributed by atoms with E-state index in [4.69, 9.17) is 69.6 Å². The fraction of sp³-hybridized carbons (Fsp3) is 0.548. The summed E-state index contributed by atoms with van der Waals surface area (Å²) in [7, 11) is 2.13. The van der Waals surface area contributed by atoms with E-state index in [0.717, 1.165) is 96.6 Å². The standard InChI is InChI=1S/C31H42Cl2N4O2.2C31H44Cl2N4O2/c1-3-23(24-7-5-4-6-8-24)21-37-18-13-26(20-34-30(38)25-9-10-27(32)28(33)19-25)35-29(31(37)39)14-17-36-15-11-22(2)12-16-36;1-6-23(24-10-8-7-9-11-24)20-36-16-14-26(19-34-30(38)25-12-13-27(32)28(33)18-25)35-29(31(36)39)15-17-37(21(2)3)22(4)5;1-4-6-10-17-36(3)18-16-29-31(39)37(22-23(5-2)24-11-8-7-9-12-24)19-15-26(35-29)21-34-30(38)25-13-14-27(32)28(33)20-25/h4-10,19,22-23,26,29,35H,3,11-18,20-21H2,1-2H3,(H,34,38);7-13,18,21-23,26,29,35H,6,14-17,19-20H2,1-5H3,(H,34,38);7-9,11-14,20,23,26,29,35H,4-6,10,15-19,21-22H2,1-3H3,(H,34,38)/t3*23-,26+,29+/m111/s1. The van der Waals surface area contributed by atoms with Crippen LogP contribution in [0.3, 0.4) is 0 Å². The summed E-state index contributed by atoms with van der Waals surface area (Å²) in [4.78, 5) is 93.4. The zero-order chi connectivity index (χ0) is 84.5. The summed E-state index contributed by atoms with van der Waals surface area (Å²) in [5, 5.41) is 22.2. The summed E-state index contributed by atoms with van der Waals surface area (Å²) in [6.07, 6.45) is 13.4. The number of benzene rings is 6. The Morgan fingerprint density at radius 3 is 1.08 bits per heavy atom. The van der Waals surface area contributed by atoms with E-state index in [-0.39, 0.29) is 77.6 Å². The van der Waals surface area contributed by atoms with Gasteiger partial charge in [-0.05, 0) is 215 Å². The Balaban J connectivity index is 0.000000219. The molecule has 0 aromatic heterocycles. The first-order valence-corrected chi connectivity index (χ1v) is 45.2. The van der Waals surface area contributed by atoms with E-state index >= 15 is 0 Å². The van der Waals surface area contributed by atoms with E-state index < -0.39 is 0 Å². The molecule has 0 radical (unpaired) electrons. The molecule has 117 heavy (non-hydrogen) atoms. The van der Waals surface area contributed by atoms with E-state index in [1.54, 1.807) is 54.6 Å². The van der Waals surface area contributed by atoms with Crippen molar-refractivity contribution in [2.75, 3.05) is 105 Å². The Hall–Kier alpha value is -6.36. The topological polar surface area (TPSA) is 194 Å². The van der Waals surface area contributed by atoms with Crippen LogP contribution < -0.4 is 31.9 Å². The second-order valence-corrected chi connectivity index (χ2v) is 35.3. The van der Waals surface area contributed by atoms with E-state index in [0.29, 0.717) is 136 Å². The van der Waals surface area contributed by atoms with Crippen molar-refractivity contribution in [2.45, 2.75) is 218 Å². The Morgan fingerprint density at radius 1 is 0.427 bits per heavy atom. The molecule has 4 saturated heterocycles. The van der Waals surface area contributed by atoms with Crippen molar-refractivity contribution in [3.05, 3.63) is 209 Å². The van der Waals surface area contributed by atoms with Crippen LogP contribution in [0.1, 0.15) is 218 Å². The first-order valence-electron chi connectivity index (χ1n) is 42.9. The molecule has 640 valence electrons. The van der Waals surface area contributed by atoms with E-state index in [9.17, 15) is 28.8 Å². The predicted molar refractivity (Wildman–Crippen MR) is 483 cm³/mol. The molecule has 0 saturated carbocycles. The van der Waals surface area contributed by atoms with Crippen molar-refractivity contribution < 1.29 is 28.8 Å².